The molecule has 1 aromatic carbocycles. The molecule has 0 heterocycles. The molecule has 3 nitrogen and oxygen atoms in total. The molecule has 0 saturated carbocycles. The molecular formula is C9H12INO2. The minimum atomic E-state index is -0.205. The molecule has 0 aliphatic heterocycles. The van der Waals surface area contributed by atoms with Gasteiger partial charge in [0.05, 0.1) is 0 Å². The summed E-state index contributed by atoms with van der Waals surface area (Å²) in [5.41, 5.74) is 6.68. The topological polar surface area (TPSA) is 66.5 Å². The van der Waals surface area contributed by atoms with Crippen LogP contribution in [-0.2, 0) is 0 Å². The molecule has 1 unspecified atom stereocenters. The van der Waals surface area contributed by atoms with E-state index < -0.39 is 0 Å². The van der Waals surface area contributed by atoms with Crippen molar-refractivity contribution in [3.8, 4) is 5.75 Å². The SMILES string of the molecule is NC(CCO)c1cc(O)ccc1I. The van der Waals surface area contributed by atoms with E-state index in [0.29, 0.717) is 6.42 Å². The Labute approximate surface area is 90.7 Å². The van der Waals surface area contributed by atoms with Crippen LogP contribution in [-0.4, -0.2) is 16.8 Å². The van der Waals surface area contributed by atoms with Crippen molar-refractivity contribution in [1.29, 1.82) is 0 Å². The predicted octanol–water partition coefficient (Wildman–Crippen LogP) is 1.38. The molecule has 0 bridgehead atoms. The molecule has 72 valence electrons. The van der Waals surface area contributed by atoms with Crippen molar-refractivity contribution in [3.05, 3.63) is 27.3 Å². The largest absolute Gasteiger partial charge is 0.508 e. The number of rotatable bonds is 3. The molecule has 13 heavy (non-hydrogen) atoms. The van der Waals surface area contributed by atoms with Gasteiger partial charge in [0.2, 0.25) is 0 Å². The van der Waals surface area contributed by atoms with Gasteiger partial charge in [0.25, 0.3) is 0 Å². The number of aliphatic hydroxyl groups excluding tert-OH is 1. The van der Waals surface area contributed by atoms with E-state index in [9.17, 15) is 5.11 Å². The van der Waals surface area contributed by atoms with Gasteiger partial charge in [-0.05, 0) is 52.8 Å². The van der Waals surface area contributed by atoms with Crippen molar-refractivity contribution in [2.75, 3.05) is 6.61 Å². The molecule has 0 aromatic heterocycles. The first-order valence-corrected chi connectivity index (χ1v) is 5.08. The third-order valence-electron chi connectivity index (χ3n) is 1.82. The van der Waals surface area contributed by atoms with Crippen molar-refractivity contribution < 1.29 is 10.2 Å². The maximum Gasteiger partial charge on any atom is 0.115 e. The number of benzene rings is 1. The van der Waals surface area contributed by atoms with Gasteiger partial charge in [0.15, 0.2) is 0 Å². The third kappa shape index (κ3) is 2.82. The molecular weight excluding hydrogens is 281 g/mol. The summed E-state index contributed by atoms with van der Waals surface area (Å²) >= 11 is 2.16. The normalized spacial score (nSPS) is 12.8. The van der Waals surface area contributed by atoms with E-state index >= 15 is 0 Å². The molecule has 0 spiro atoms. The summed E-state index contributed by atoms with van der Waals surface area (Å²) in [6, 6.07) is 4.87. The fourth-order valence-corrected chi connectivity index (χ4v) is 1.85. The highest BCUT2D eigenvalue weighted by atomic mass is 127. The molecule has 0 fully saturated rings. The van der Waals surface area contributed by atoms with E-state index in [-0.39, 0.29) is 18.4 Å². The van der Waals surface area contributed by atoms with Gasteiger partial charge in [-0.15, -0.1) is 0 Å². The van der Waals surface area contributed by atoms with Gasteiger partial charge in [-0.2, -0.15) is 0 Å². The van der Waals surface area contributed by atoms with Crippen LogP contribution in [0.25, 0.3) is 0 Å². The quantitative estimate of drug-likeness (QED) is 0.738. The number of phenolic OH excluding ortho intramolecular Hbond substituents is 1. The number of aromatic hydroxyl groups is 1. The maximum atomic E-state index is 9.23. The van der Waals surface area contributed by atoms with Crippen LogP contribution in [0.3, 0.4) is 0 Å². The van der Waals surface area contributed by atoms with Gasteiger partial charge in [0.1, 0.15) is 5.75 Å². The Morgan fingerprint density at radius 3 is 2.77 bits per heavy atom. The minimum Gasteiger partial charge on any atom is -0.508 e. The minimum absolute atomic E-state index is 0.0624. The Morgan fingerprint density at radius 1 is 1.46 bits per heavy atom. The van der Waals surface area contributed by atoms with Crippen LogP contribution in [0.15, 0.2) is 18.2 Å². The van der Waals surface area contributed by atoms with Gasteiger partial charge in [0, 0.05) is 16.2 Å². The highest BCUT2D eigenvalue weighted by Crippen LogP contribution is 2.24. The Hall–Kier alpha value is -0.330. The van der Waals surface area contributed by atoms with Crippen LogP contribution in [0.2, 0.25) is 0 Å². The number of aliphatic hydroxyl groups is 1. The summed E-state index contributed by atoms with van der Waals surface area (Å²) in [5.74, 6) is 0.212. The van der Waals surface area contributed by atoms with Crippen LogP contribution in [0.5, 0.6) is 5.75 Å². The van der Waals surface area contributed by atoms with Gasteiger partial charge in [-0.1, -0.05) is 0 Å². The zero-order valence-corrected chi connectivity index (χ0v) is 9.23. The first-order chi connectivity index (χ1) is 6.15. The second-order valence-electron chi connectivity index (χ2n) is 2.82. The smallest absolute Gasteiger partial charge is 0.115 e. The van der Waals surface area contributed by atoms with Crippen molar-refractivity contribution in [1.82, 2.24) is 0 Å². The number of hydrogen-bond donors (Lipinski definition) is 3. The molecule has 0 amide bonds. The Balaban J connectivity index is 2.91. The standard InChI is InChI=1S/C9H12INO2/c10-8-2-1-6(13)5-7(8)9(11)3-4-12/h1-2,5,9,12-13H,3-4,11H2. The highest BCUT2D eigenvalue weighted by Gasteiger charge is 2.09. The van der Waals surface area contributed by atoms with E-state index in [1.54, 1.807) is 12.1 Å². The summed E-state index contributed by atoms with van der Waals surface area (Å²) in [5, 5.41) is 17.9. The number of phenols is 1. The molecule has 4 N–H and O–H groups in total. The second-order valence-corrected chi connectivity index (χ2v) is 3.99. The van der Waals surface area contributed by atoms with E-state index in [0.717, 1.165) is 9.13 Å². The molecule has 0 aliphatic carbocycles. The Kier molecular flexibility index (Phi) is 3.95. The van der Waals surface area contributed by atoms with Crippen LogP contribution in [0.1, 0.15) is 18.0 Å². The molecule has 0 radical (unpaired) electrons. The van der Waals surface area contributed by atoms with Crippen molar-refractivity contribution in [2.45, 2.75) is 12.5 Å². The average Bonchev–Trinajstić information content (AvgIpc) is 2.09. The highest BCUT2D eigenvalue weighted by molar-refractivity contribution is 14.1. The van der Waals surface area contributed by atoms with Crippen molar-refractivity contribution >= 4 is 22.6 Å². The second kappa shape index (κ2) is 4.78. The van der Waals surface area contributed by atoms with Crippen LogP contribution in [0.4, 0.5) is 0 Å². The van der Waals surface area contributed by atoms with Crippen LogP contribution >= 0.6 is 22.6 Å². The monoisotopic (exact) mass is 293 g/mol. The lowest BCUT2D eigenvalue weighted by molar-refractivity contribution is 0.276. The Morgan fingerprint density at radius 2 is 2.15 bits per heavy atom. The molecule has 4 heteroatoms. The predicted molar refractivity (Wildman–Crippen MR) is 59.5 cm³/mol. The number of halogens is 1. The van der Waals surface area contributed by atoms with Crippen molar-refractivity contribution in [3.63, 3.8) is 0 Å². The molecule has 1 atom stereocenters. The van der Waals surface area contributed by atoms with E-state index in [1.807, 2.05) is 6.07 Å². The maximum absolute atomic E-state index is 9.23. The molecule has 0 aliphatic rings. The summed E-state index contributed by atoms with van der Waals surface area (Å²) in [6.45, 7) is 0.0624. The van der Waals surface area contributed by atoms with Gasteiger partial charge < -0.3 is 15.9 Å². The zero-order chi connectivity index (χ0) is 9.84. The average molecular weight is 293 g/mol. The molecule has 1 aromatic rings. The zero-order valence-electron chi connectivity index (χ0n) is 7.07. The molecule has 0 saturated heterocycles. The first-order valence-electron chi connectivity index (χ1n) is 4.00. The van der Waals surface area contributed by atoms with E-state index in [2.05, 4.69) is 22.6 Å². The van der Waals surface area contributed by atoms with Gasteiger partial charge in [-0.3, -0.25) is 0 Å². The first kappa shape index (κ1) is 10.7. The fraction of sp³-hybridized carbons (Fsp3) is 0.333. The van der Waals surface area contributed by atoms with E-state index in [4.69, 9.17) is 10.8 Å². The number of hydrogen-bond acceptors (Lipinski definition) is 3. The summed E-state index contributed by atoms with van der Waals surface area (Å²) in [7, 11) is 0. The lowest BCUT2D eigenvalue weighted by atomic mass is 10.1. The summed E-state index contributed by atoms with van der Waals surface area (Å²) in [6.07, 6.45) is 0.513. The lowest BCUT2D eigenvalue weighted by Crippen LogP contribution is -2.13. The van der Waals surface area contributed by atoms with Gasteiger partial charge in [-0.25, -0.2) is 0 Å². The summed E-state index contributed by atoms with van der Waals surface area (Å²) < 4.78 is 1.01. The van der Waals surface area contributed by atoms with Crippen LogP contribution in [0, 0.1) is 3.57 Å². The fourth-order valence-electron chi connectivity index (χ4n) is 1.11. The van der Waals surface area contributed by atoms with Gasteiger partial charge >= 0.3 is 0 Å². The third-order valence-corrected chi connectivity index (χ3v) is 2.80. The Bertz CT molecular complexity index is 291. The van der Waals surface area contributed by atoms with Crippen molar-refractivity contribution in [2.24, 2.45) is 5.73 Å². The molecule has 1 rings (SSSR count). The summed E-state index contributed by atoms with van der Waals surface area (Å²) in [4.78, 5) is 0. The van der Waals surface area contributed by atoms with E-state index in [1.165, 1.54) is 0 Å². The van der Waals surface area contributed by atoms with Crippen LogP contribution < -0.4 is 5.73 Å². The lowest BCUT2D eigenvalue weighted by Gasteiger charge is -2.12. The number of nitrogens with two attached hydrogens (primary N) is 1.